The first-order valence-electron chi connectivity index (χ1n) is 6.73. The second-order valence-electron chi connectivity index (χ2n) is 5.32. The molecular formula is C15H23NO2. The maximum atomic E-state index is 5.61. The van der Waals surface area contributed by atoms with Gasteiger partial charge in [-0.3, -0.25) is 0 Å². The molecule has 2 atom stereocenters. The monoisotopic (exact) mass is 249 g/mol. The third kappa shape index (κ3) is 2.96. The van der Waals surface area contributed by atoms with E-state index in [1.54, 1.807) is 0 Å². The summed E-state index contributed by atoms with van der Waals surface area (Å²) in [6.45, 7) is 10.1. The Morgan fingerprint density at radius 1 is 1.00 bits per heavy atom. The van der Waals surface area contributed by atoms with Crippen LogP contribution in [-0.2, 0) is 0 Å². The van der Waals surface area contributed by atoms with Crippen LogP contribution in [0.5, 0.6) is 11.5 Å². The summed E-state index contributed by atoms with van der Waals surface area (Å²) in [5.74, 6) is 2.35. The minimum atomic E-state index is 0.318. The quantitative estimate of drug-likeness (QED) is 0.889. The zero-order valence-electron chi connectivity index (χ0n) is 11.7. The van der Waals surface area contributed by atoms with Gasteiger partial charge in [-0.2, -0.15) is 0 Å². The highest BCUT2D eigenvalue weighted by Gasteiger charge is 2.16. The number of benzene rings is 1. The molecule has 0 radical (unpaired) electrons. The van der Waals surface area contributed by atoms with Gasteiger partial charge in [-0.25, -0.2) is 0 Å². The fraction of sp³-hybridized carbons (Fsp3) is 0.600. The highest BCUT2D eigenvalue weighted by Crippen LogP contribution is 2.32. The molecule has 1 aromatic carbocycles. The van der Waals surface area contributed by atoms with E-state index in [9.17, 15) is 0 Å². The molecule has 0 fully saturated rings. The highest BCUT2D eigenvalue weighted by molar-refractivity contribution is 5.44. The lowest BCUT2D eigenvalue weighted by Gasteiger charge is -2.25. The normalized spacial score (nSPS) is 17.6. The molecule has 0 saturated carbocycles. The Hall–Kier alpha value is -1.22. The van der Waals surface area contributed by atoms with Gasteiger partial charge in [-0.15, -0.1) is 0 Å². The van der Waals surface area contributed by atoms with Crippen molar-refractivity contribution < 1.29 is 9.47 Å². The molecule has 1 heterocycles. The minimum absolute atomic E-state index is 0.318. The predicted octanol–water partition coefficient (Wildman–Crippen LogP) is 3.15. The average Bonchev–Trinajstić information content (AvgIpc) is 2.37. The highest BCUT2D eigenvalue weighted by atomic mass is 16.6. The van der Waals surface area contributed by atoms with E-state index in [0.29, 0.717) is 31.2 Å². The number of hydrogen-bond acceptors (Lipinski definition) is 3. The van der Waals surface area contributed by atoms with E-state index in [0.717, 1.165) is 11.5 Å². The first-order chi connectivity index (χ1) is 8.58. The zero-order chi connectivity index (χ0) is 13.1. The summed E-state index contributed by atoms with van der Waals surface area (Å²) in [5.41, 5.74) is 1.24. The fourth-order valence-electron chi connectivity index (χ4n) is 2.01. The molecule has 1 aromatic rings. The molecule has 0 aromatic heterocycles. The molecule has 0 saturated heterocycles. The van der Waals surface area contributed by atoms with Crippen molar-refractivity contribution in [1.82, 2.24) is 5.32 Å². The van der Waals surface area contributed by atoms with Crippen LogP contribution in [0.1, 0.15) is 39.3 Å². The summed E-state index contributed by atoms with van der Waals surface area (Å²) in [5, 5.41) is 3.61. The Bertz CT molecular complexity index is 403. The molecule has 0 aliphatic carbocycles. The summed E-state index contributed by atoms with van der Waals surface area (Å²) in [4.78, 5) is 0. The summed E-state index contributed by atoms with van der Waals surface area (Å²) in [6, 6.07) is 7.01. The van der Waals surface area contributed by atoms with Gasteiger partial charge < -0.3 is 14.8 Å². The van der Waals surface area contributed by atoms with E-state index < -0.39 is 0 Å². The van der Waals surface area contributed by atoms with Crippen LogP contribution >= 0.6 is 0 Å². The predicted molar refractivity (Wildman–Crippen MR) is 73.3 cm³/mol. The van der Waals surface area contributed by atoms with Crippen molar-refractivity contribution in [3.05, 3.63) is 23.8 Å². The van der Waals surface area contributed by atoms with Crippen molar-refractivity contribution in [1.29, 1.82) is 0 Å². The van der Waals surface area contributed by atoms with Gasteiger partial charge in [-0.1, -0.05) is 19.9 Å². The summed E-state index contributed by atoms with van der Waals surface area (Å²) < 4.78 is 11.1. The van der Waals surface area contributed by atoms with E-state index in [-0.39, 0.29) is 0 Å². The maximum absolute atomic E-state index is 5.61. The van der Waals surface area contributed by atoms with Crippen molar-refractivity contribution >= 4 is 0 Å². The molecule has 2 unspecified atom stereocenters. The lowest BCUT2D eigenvalue weighted by atomic mass is 10.0. The lowest BCUT2D eigenvalue weighted by Crippen LogP contribution is -2.33. The Balaban J connectivity index is 2.08. The fourth-order valence-corrected chi connectivity index (χ4v) is 2.01. The van der Waals surface area contributed by atoms with Crippen LogP contribution in [0.15, 0.2) is 18.2 Å². The largest absolute Gasteiger partial charge is 0.486 e. The number of ether oxygens (including phenoxy) is 2. The van der Waals surface area contributed by atoms with E-state index in [1.807, 2.05) is 6.07 Å². The SMILES string of the molecule is CC(NC(C)C(C)C)c1ccc2c(c1)OCCO2. The molecule has 0 amide bonds. The van der Waals surface area contributed by atoms with Gasteiger partial charge in [0.25, 0.3) is 0 Å². The smallest absolute Gasteiger partial charge is 0.161 e. The molecule has 1 aliphatic heterocycles. The summed E-state index contributed by atoms with van der Waals surface area (Å²) in [7, 11) is 0. The first kappa shape index (κ1) is 13.2. The number of hydrogen-bond donors (Lipinski definition) is 1. The molecule has 3 nitrogen and oxygen atoms in total. The number of fused-ring (bicyclic) bond motifs is 1. The second kappa shape index (κ2) is 5.61. The van der Waals surface area contributed by atoms with Gasteiger partial charge in [0.2, 0.25) is 0 Å². The molecular weight excluding hydrogens is 226 g/mol. The molecule has 0 bridgehead atoms. The van der Waals surface area contributed by atoms with Crippen LogP contribution < -0.4 is 14.8 Å². The van der Waals surface area contributed by atoms with Gasteiger partial charge in [0.05, 0.1) is 0 Å². The number of nitrogens with one attached hydrogen (secondary N) is 1. The van der Waals surface area contributed by atoms with E-state index in [2.05, 4.69) is 45.1 Å². The van der Waals surface area contributed by atoms with Crippen LogP contribution in [-0.4, -0.2) is 19.3 Å². The lowest BCUT2D eigenvalue weighted by molar-refractivity contribution is 0.171. The summed E-state index contributed by atoms with van der Waals surface area (Å²) >= 11 is 0. The average molecular weight is 249 g/mol. The van der Waals surface area contributed by atoms with Gasteiger partial charge in [-0.05, 0) is 37.5 Å². The summed E-state index contributed by atoms with van der Waals surface area (Å²) in [6.07, 6.45) is 0. The third-order valence-electron chi connectivity index (χ3n) is 3.58. The van der Waals surface area contributed by atoms with Crippen molar-refractivity contribution in [2.45, 2.75) is 39.8 Å². The third-order valence-corrected chi connectivity index (χ3v) is 3.58. The van der Waals surface area contributed by atoms with Crippen molar-refractivity contribution in [2.24, 2.45) is 5.92 Å². The molecule has 3 heteroatoms. The van der Waals surface area contributed by atoms with Crippen LogP contribution in [0.3, 0.4) is 0 Å². The van der Waals surface area contributed by atoms with Crippen LogP contribution in [0.25, 0.3) is 0 Å². The van der Waals surface area contributed by atoms with Crippen LogP contribution in [0, 0.1) is 5.92 Å². The van der Waals surface area contributed by atoms with Crippen molar-refractivity contribution in [3.8, 4) is 11.5 Å². The minimum Gasteiger partial charge on any atom is -0.486 e. The van der Waals surface area contributed by atoms with Gasteiger partial charge in [0.15, 0.2) is 11.5 Å². The Morgan fingerprint density at radius 2 is 1.67 bits per heavy atom. The Labute approximate surface area is 109 Å². The second-order valence-corrected chi connectivity index (χ2v) is 5.32. The topological polar surface area (TPSA) is 30.5 Å². The molecule has 0 spiro atoms. The Kier molecular flexibility index (Phi) is 4.12. The van der Waals surface area contributed by atoms with Gasteiger partial charge in [0.1, 0.15) is 13.2 Å². The zero-order valence-corrected chi connectivity index (χ0v) is 11.7. The van der Waals surface area contributed by atoms with Gasteiger partial charge in [0, 0.05) is 12.1 Å². The van der Waals surface area contributed by atoms with E-state index >= 15 is 0 Å². The van der Waals surface area contributed by atoms with Gasteiger partial charge >= 0.3 is 0 Å². The molecule has 2 rings (SSSR count). The molecule has 18 heavy (non-hydrogen) atoms. The van der Waals surface area contributed by atoms with E-state index in [1.165, 1.54) is 5.56 Å². The molecule has 100 valence electrons. The van der Waals surface area contributed by atoms with Crippen molar-refractivity contribution in [3.63, 3.8) is 0 Å². The molecule has 1 N–H and O–H groups in total. The molecule has 1 aliphatic rings. The standard InChI is InChI=1S/C15H23NO2/c1-10(2)11(3)16-12(4)13-5-6-14-15(9-13)18-8-7-17-14/h5-6,9-12,16H,7-8H2,1-4H3. The van der Waals surface area contributed by atoms with Crippen LogP contribution in [0.2, 0.25) is 0 Å². The Morgan fingerprint density at radius 3 is 2.33 bits per heavy atom. The van der Waals surface area contributed by atoms with Crippen LogP contribution in [0.4, 0.5) is 0 Å². The maximum Gasteiger partial charge on any atom is 0.161 e. The van der Waals surface area contributed by atoms with Crippen molar-refractivity contribution in [2.75, 3.05) is 13.2 Å². The number of rotatable bonds is 4. The van der Waals surface area contributed by atoms with E-state index in [4.69, 9.17) is 9.47 Å². The first-order valence-corrected chi connectivity index (χ1v) is 6.73.